The monoisotopic (exact) mass is 296 g/mol. The van der Waals surface area contributed by atoms with Crippen LogP contribution in [0.2, 0.25) is 0 Å². The zero-order valence-corrected chi connectivity index (χ0v) is 11.3. The summed E-state index contributed by atoms with van der Waals surface area (Å²) >= 11 is 0. The summed E-state index contributed by atoms with van der Waals surface area (Å²) in [4.78, 5) is 12.2. The molecule has 21 heavy (non-hydrogen) atoms. The summed E-state index contributed by atoms with van der Waals surface area (Å²) in [5.74, 6) is 0.985. The Morgan fingerprint density at radius 2 is 2.10 bits per heavy atom. The van der Waals surface area contributed by atoms with Crippen molar-refractivity contribution >= 4 is 5.82 Å². The van der Waals surface area contributed by atoms with Gasteiger partial charge in [0.25, 0.3) is 0 Å². The van der Waals surface area contributed by atoms with Crippen molar-refractivity contribution in [2.75, 3.05) is 11.9 Å². The molecule has 0 spiro atoms. The number of hydrogen-bond acceptors (Lipinski definition) is 6. The molecule has 0 unspecified atom stereocenters. The number of nitrogens with one attached hydrogen (secondary N) is 1. The molecule has 112 valence electrons. The molecule has 0 bridgehead atoms. The molecule has 2 rings (SSSR count). The van der Waals surface area contributed by atoms with Crippen LogP contribution in [0.3, 0.4) is 0 Å². The van der Waals surface area contributed by atoms with Gasteiger partial charge in [0.2, 0.25) is 5.88 Å². The Balaban J connectivity index is 1.91. The maximum absolute atomic E-state index is 12.0. The van der Waals surface area contributed by atoms with E-state index in [2.05, 4.69) is 25.0 Å². The molecule has 0 aromatic carbocycles. The SMILES string of the molecule is CCOc1cncc(NCc2ccc(OC(F)F)cn2)n1. The highest BCUT2D eigenvalue weighted by Crippen LogP contribution is 2.14. The minimum Gasteiger partial charge on any atom is -0.477 e. The Bertz CT molecular complexity index is 566. The molecule has 1 N–H and O–H groups in total. The number of rotatable bonds is 7. The third kappa shape index (κ3) is 4.83. The van der Waals surface area contributed by atoms with Crippen LogP contribution in [0.1, 0.15) is 12.6 Å². The summed E-state index contributed by atoms with van der Waals surface area (Å²) in [5.41, 5.74) is 0.653. The van der Waals surface area contributed by atoms with E-state index in [9.17, 15) is 8.78 Å². The topological polar surface area (TPSA) is 69.2 Å². The maximum atomic E-state index is 12.0. The molecular formula is C13H14F2N4O2. The summed E-state index contributed by atoms with van der Waals surface area (Å²) in [6.07, 6.45) is 4.31. The van der Waals surface area contributed by atoms with Crippen LogP contribution >= 0.6 is 0 Å². The van der Waals surface area contributed by atoms with E-state index < -0.39 is 6.61 Å². The summed E-state index contributed by atoms with van der Waals surface area (Å²) in [6.45, 7) is -0.119. The Kier molecular flexibility index (Phi) is 5.19. The van der Waals surface area contributed by atoms with Crippen molar-refractivity contribution in [2.45, 2.75) is 20.1 Å². The second-order valence-corrected chi connectivity index (χ2v) is 3.89. The van der Waals surface area contributed by atoms with Gasteiger partial charge in [-0.1, -0.05) is 0 Å². The fraction of sp³-hybridized carbons (Fsp3) is 0.308. The second-order valence-electron chi connectivity index (χ2n) is 3.89. The van der Waals surface area contributed by atoms with Gasteiger partial charge in [0.05, 0.1) is 37.4 Å². The number of hydrogen-bond donors (Lipinski definition) is 1. The van der Waals surface area contributed by atoms with Crippen molar-refractivity contribution in [3.63, 3.8) is 0 Å². The van der Waals surface area contributed by atoms with Crippen molar-refractivity contribution in [1.82, 2.24) is 15.0 Å². The molecule has 0 amide bonds. The Hall–Kier alpha value is -2.51. The standard InChI is InChI=1S/C13H14F2N4O2/c1-2-20-12-8-16-7-11(19-12)18-5-9-3-4-10(6-17-9)21-13(14)15/h3-4,6-8,13H,2,5H2,1H3,(H,18,19). The Morgan fingerprint density at radius 1 is 1.24 bits per heavy atom. The highest BCUT2D eigenvalue weighted by molar-refractivity contribution is 5.34. The fourth-order valence-corrected chi connectivity index (χ4v) is 1.52. The van der Waals surface area contributed by atoms with Crippen LogP contribution in [-0.2, 0) is 6.54 Å². The van der Waals surface area contributed by atoms with E-state index in [4.69, 9.17) is 4.74 Å². The van der Waals surface area contributed by atoms with Crippen LogP contribution < -0.4 is 14.8 Å². The zero-order valence-electron chi connectivity index (χ0n) is 11.3. The first kappa shape index (κ1) is 14.9. The first-order valence-corrected chi connectivity index (χ1v) is 6.26. The van der Waals surface area contributed by atoms with E-state index >= 15 is 0 Å². The van der Waals surface area contributed by atoms with E-state index in [1.165, 1.54) is 18.5 Å². The van der Waals surface area contributed by atoms with Crippen LogP contribution in [0.4, 0.5) is 14.6 Å². The second kappa shape index (κ2) is 7.32. The molecule has 2 aromatic rings. The number of aromatic nitrogens is 3. The first-order chi connectivity index (χ1) is 10.2. The summed E-state index contributed by atoms with van der Waals surface area (Å²) in [5, 5.41) is 3.01. The highest BCUT2D eigenvalue weighted by atomic mass is 19.3. The van der Waals surface area contributed by atoms with Crippen molar-refractivity contribution < 1.29 is 18.3 Å². The smallest absolute Gasteiger partial charge is 0.387 e. The van der Waals surface area contributed by atoms with E-state index in [1.54, 1.807) is 12.3 Å². The van der Waals surface area contributed by atoms with Gasteiger partial charge in [-0.05, 0) is 19.1 Å². The first-order valence-electron chi connectivity index (χ1n) is 6.26. The van der Waals surface area contributed by atoms with E-state index in [0.717, 1.165) is 0 Å². The maximum Gasteiger partial charge on any atom is 0.387 e. The normalized spacial score (nSPS) is 10.5. The third-order valence-electron chi connectivity index (χ3n) is 2.38. The molecule has 0 radical (unpaired) electrons. The number of ether oxygens (including phenoxy) is 2. The van der Waals surface area contributed by atoms with Gasteiger partial charge in [0.15, 0.2) is 0 Å². The van der Waals surface area contributed by atoms with Gasteiger partial charge in [0, 0.05) is 0 Å². The van der Waals surface area contributed by atoms with Crippen LogP contribution in [-0.4, -0.2) is 28.2 Å². The predicted molar refractivity (Wildman–Crippen MR) is 71.4 cm³/mol. The van der Waals surface area contributed by atoms with Crippen molar-refractivity contribution in [1.29, 1.82) is 0 Å². The minimum atomic E-state index is -2.85. The average Bonchev–Trinajstić information content (AvgIpc) is 2.47. The number of nitrogens with zero attached hydrogens (tertiary/aromatic N) is 3. The lowest BCUT2D eigenvalue weighted by Gasteiger charge is -2.08. The van der Waals surface area contributed by atoms with Gasteiger partial charge in [-0.2, -0.15) is 13.8 Å². The molecule has 0 aliphatic heterocycles. The molecule has 0 atom stereocenters. The molecule has 0 saturated carbocycles. The zero-order chi connectivity index (χ0) is 15.1. The molecule has 6 nitrogen and oxygen atoms in total. The molecule has 0 aliphatic rings. The minimum absolute atomic E-state index is 0.0203. The Labute approximate surface area is 120 Å². The van der Waals surface area contributed by atoms with Gasteiger partial charge in [-0.15, -0.1) is 0 Å². The molecule has 0 saturated heterocycles. The van der Waals surface area contributed by atoms with Crippen LogP contribution in [0.5, 0.6) is 11.6 Å². The van der Waals surface area contributed by atoms with Crippen molar-refractivity contribution in [2.24, 2.45) is 0 Å². The van der Waals surface area contributed by atoms with Crippen molar-refractivity contribution in [3.8, 4) is 11.6 Å². The highest BCUT2D eigenvalue weighted by Gasteiger charge is 2.05. The number of alkyl halides is 2. The van der Waals surface area contributed by atoms with E-state index in [1.807, 2.05) is 6.92 Å². The number of anilines is 1. The average molecular weight is 296 g/mol. The molecular weight excluding hydrogens is 282 g/mol. The fourth-order valence-electron chi connectivity index (χ4n) is 1.52. The third-order valence-corrected chi connectivity index (χ3v) is 2.38. The lowest BCUT2D eigenvalue weighted by molar-refractivity contribution is -0.0500. The van der Waals surface area contributed by atoms with Gasteiger partial charge in [-0.3, -0.25) is 9.97 Å². The Morgan fingerprint density at radius 3 is 2.76 bits per heavy atom. The largest absolute Gasteiger partial charge is 0.477 e. The molecule has 2 aromatic heterocycles. The predicted octanol–water partition coefficient (Wildman–Crippen LogP) is 2.48. The quantitative estimate of drug-likeness (QED) is 0.846. The summed E-state index contributed by atoms with van der Waals surface area (Å²) in [6, 6.07) is 3.02. The summed E-state index contributed by atoms with van der Waals surface area (Å²) < 4.78 is 33.5. The van der Waals surface area contributed by atoms with Gasteiger partial charge in [0.1, 0.15) is 11.6 Å². The lowest BCUT2D eigenvalue weighted by Crippen LogP contribution is -2.06. The summed E-state index contributed by atoms with van der Waals surface area (Å²) in [7, 11) is 0. The van der Waals surface area contributed by atoms with Crippen molar-refractivity contribution in [3.05, 3.63) is 36.4 Å². The lowest BCUT2D eigenvalue weighted by atomic mass is 10.3. The number of pyridine rings is 1. The van der Waals surface area contributed by atoms with Crippen LogP contribution in [0, 0.1) is 0 Å². The van der Waals surface area contributed by atoms with E-state index in [-0.39, 0.29) is 5.75 Å². The molecule has 0 aliphatic carbocycles. The molecule has 2 heterocycles. The van der Waals surface area contributed by atoms with Crippen LogP contribution in [0.15, 0.2) is 30.7 Å². The van der Waals surface area contributed by atoms with Gasteiger partial charge >= 0.3 is 6.61 Å². The van der Waals surface area contributed by atoms with E-state index in [0.29, 0.717) is 30.5 Å². The number of halogens is 2. The molecule has 8 heteroatoms. The van der Waals surface area contributed by atoms with Gasteiger partial charge < -0.3 is 14.8 Å². The van der Waals surface area contributed by atoms with Crippen LogP contribution in [0.25, 0.3) is 0 Å². The molecule has 0 fully saturated rings. The van der Waals surface area contributed by atoms with Gasteiger partial charge in [-0.25, -0.2) is 0 Å².